The summed E-state index contributed by atoms with van der Waals surface area (Å²) in [6.45, 7) is 3.50. The van der Waals surface area contributed by atoms with Crippen molar-refractivity contribution < 1.29 is 0 Å². The molecule has 0 atom stereocenters. The minimum Gasteiger partial charge on any atom is -0.377 e. The van der Waals surface area contributed by atoms with Gasteiger partial charge in [0.2, 0.25) is 0 Å². The van der Waals surface area contributed by atoms with Crippen molar-refractivity contribution in [3.05, 3.63) is 30.7 Å². The van der Waals surface area contributed by atoms with Crippen LogP contribution < -0.4 is 0 Å². The van der Waals surface area contributed by atoms with Crippen molar-refractivity contribution in [1.82, 2.24) is 4.90 Å². The molecule has 1 nitrogen and oxygen atoms in total. The molecule has 0 saturated carbocycles. The molecule has 0 N–H and O–H groups in total. The Balaban J connectivity index is 3.63. The fraction of sp³-hybridized carbons (Fsp3) is 0.286. The smallest absolute Gasteiger partial charge is 0.0418 e. The molecule has 0 heterocycles. The Labute approximate surface area is 50.6 Å². The van der Waals surface area contributed by atoms with Crippen LogP contribution in [0.15, 0.2) is 30.7 Å². The zero-order valence-corrected chi connectivity index (χ0v) is 5.39. The summed E-state index contributed by atoms with van der Waals surface area (Å²) in [6, 6.07) is 0. The first kappa shape index (κ1) is 7.06. The molecule has 0 fully saturated rings. The summed E-state index contributed by atoms with van der Waals surface area (Å²) in [5.41, 5.74) is 2.89. The van der Waals surface area contributed by atoms with E-state index in [0.29, 0.717) is 0 Å². The van der Waals surface area contributed by atoms with Crippen molar-refractivity contribution in [3.63, 3.8) is 0 Å². The summed E-state index contributed by atoms with van der Waals surface area (Å²) >= 11 is 0. The first-order valence-electron chi connectivity index (χ1n) is 2.47. The van der Waals surface area contributed by atoms with Crippen LogP contribution in [-0.2, 0) is 0 Å². The Morgan fingerprint density at radius 1 is 1.50 bits per heavy atom. The first-order chi connectivity index (χ1) is 3.77. The highest BCUT2D eigenvalue weighted by Crippen LogP contribution is 1.72. The van der Waals surface area contributed by atoms with Gasteiger partial charge in [-0.3, -0.25) is 0 Å². The normalized spacial score (nSPS) is 6.75. The zero-order valence-electron chi connectivity index (χ0n) is 5.39. The van der Waals surface area contributed by atoms with Crippen molar-refractivity contribution >= 4 is 0 Å². The summed E-state index contributed by atoms with van der Waals surface area (Å²) in [7, 11) is 3.90. The molecule has 0 aromatic heterocycles. The van der Waals surface area contributed by atoms with E-state index in [1.807, 2.05) is 25.2 Å². The van der Waals surface area contributed by atoms with Crippen molar-refractivity contribution in [2.24, 2.45) is 0 Å². The van der Waals surface area contributed by atoms with Gasteiger partial charge in [0.1, 0.15) is 0 Å². The van der Waals surface area contributed by atoms with Crippen LogP contribution in [0.3, 0.4) is 0 Å². The summed E-state index contributed by atoms with van der Waals surface area (Å²) < 4.78 is 0. The molecule has 0 saturated heterocycles. The van der Waals surface area contributed by atoms with Crippen molar-refractivity contribution in [3.8, 4) is 0 Å². The third kappa shape index (κ3) is 5.06. The second kappa shape index (κ2) is 4.23. The molecule has 0 aromatic carbocycles. The lowest BCUT2D eigenvalue weighted by atomic mass is 10.6. The van der Waals surface area contributed by atoms with Gasteiger partial charge in [0.25, 0.3) is 0 Å². The van der Waals surface area contributed by atoms with E-state index in [0.717, 1.165) is 0 Å². The van der Waals surface area contributed by atoms with Gasteiger partial charge in [0.15, 0.2) is 0 Å². The van der Waals surface area contributed by atoms with Gasteiger partial charge in [0.05, 0.1) is 0 Å². The molecule has 1 heteroatoms. The minimum absolute atomic E-state index is 1.69. The lowest BCUT2D eigenvalue weighted by Gasteiger charge is -1.98. The second-order valence-corrected chi connectivity index (χ2v) is 1.66. The average Bonchev–Trinajstić information content (AvgIpc) is 1.66. The molecular weight excluding hydrogens is 98.1 g/mol. The van der Waals surface area contributed by atoms with Gasteiger partial charge in [-0.05, 0) is 6.08 Å². The molecule has 0 aliphatic rings. The zero-order chi connectivity index (χ0) is 6.41. The Bertz CT molecular complexity index is 116. The third-order valence-electron chi connectivity index (χ3n) is 0.547. The van der Waals surface area contributed by atoms with Gasteiger partial charge in [-0.2, -0.15) is 0 Å². The molecule has 0 bridgehead atoms. The molecule has 0 unspecified atom stereocenters. The fourth-order valence-electron chi connectivity index (χ4n) is 0.260. The van der Waals surface area contributed by atoms with E-state index in [9.17, 15) is 0 Å². The maximum absolute atomic E-state index is 3.50. The predicted molar refractivity (Wildman–Crippen MR) is 36.5 cm³/mol. The number of hydrogen-bond donors (Lipinski definition) is 0. The van der Waals surface area contributed by atoms with Crippen LogP contribution in [-0.4, -0.2) is 19.0 Å². The third-order valence-corrected chi connectivity index (χ3v) is 0.547. The number of nitrogens with zero attached hydrogens (tertiary/aromatic N) is 1. The van der Waals surface area contributed by atoms with Gasteiger partial charge < -0.3 is 4.90 Å². The Kier molecular flexibility index (Phi) is 3.73. The molecule has 0 aromatic rings. The van der Waals surface area contributed by atoms with Crippen LogP contribution >= 0.6 is 0 Å². The average molecular weight is 109 g/mol. The fourth-order valence-corrected chi connectivity index (χ4v) is 0.260. The molecule has 0 aliphatic carbocycles. The van der Waals surface area contributed by atoms with Crippen LogP contribution in [0.25, 0.3) is 0 Å². The van der Waals surface area contributed by atoms with Crippen LogP contribution in [0.4, 0.5) is 0 Å². The predicted octanol–water partition coefficient (Wildman–Crippen LogP) is 1.40. The van der Waals surface area contributed by atoms with Gasteiger partial charge in [-0.25, -0.2) is 0 Å². The highest BCUT2D eigenvalue weighted by Gasteiger charge is 1.66. The topological polar surface area (TPSA) is 3.24 Å². The van der Waals surface area contributed by atoms with E-state index in [2.05, 4.69) is 12.3 Å². The number of rotatable bonds is 2. The Hall–Kier alpha value is -0.940. The highest BCUT2D eigenvalue weighted by molar-refractivity contribution is 4.96. The molecule has 0 aliphatic heterocycles. The lowest BCUT2D eigenvalue weighted by Crippen LogP contribution is -1.98. The van der Waals surface area contributed by atoms with E-state index in [1.165, 1.54) is 0 Å². The maximum atomic E-state index is 3.50. The van der Waals surface area contributed by atoms with Crippen LogP contribution in [0, 0.1) is 0 Å². The summed E-state index contributed by atoms with van der Waals surface area (Å²) in [5.74, 6) is 0. The lowest BCUT2D eigenvalue weighted by molar-refractivity contribution is 0.565. The van der Waals surface area contributed by atoms with E-state index in [4.69, 9.17) is 0 Å². The van der Waals surface area contributed by atoms with Gasteiger partial charge in [-0.1, -0.05) is 12.7 Å². The highest BCUT2D eigenvalue weighted by atomic mass is 15.0. The standard InChI is InChI=1S/C7H11N/c1-4-5-6-7-8(2)3/h4-5,7H,1H2,2-3H3. The Morgan fingerprint density at radius 3 is 2.50 bits per heavy atom. The summed E-state index contributed by atoms with van der Waals surface area (Å²) in [6.07, 6.45) is 5.29. The Morgan fingerprint density at radius 2 is 2.12 bits per heavy atom. The summed E-state index contributed by atoms with van der Waals surface area (Å²) in [4.78, 5) is 1.92. The molecule has 0 radical (unpaired) electrons. The molecule has 44 valence electrons. The monoisotopic (exact) mass is 109 g/mol. The van der Waals surface area contributed by atoms with Crippen LogP contribution in [0.2, 0.25) is 0 Å². The van der Waals surface area contributed by atoms with Gasteiger partial charge >= 0.3 is 0 Å². The molecule has 8 heavy (non-hydrogen) atoms. The van der Waals surface area contributed by atoms with E-state index in [1.54, 1.807) is 12.2 Å². The molecular formula is C7H11N. The van der Waals surface area contributed by atoms with Crippen LogP contribution in [0.1, 0.15) is 0 Å². The quantitative estimate of drug-likeness (QED) is 0.382. The first-order valence-corrected chi connectivity index (χ1v) is 2.47. The van der Waals surface area contributed by atoms with E-state index in [-0.39, 0.29) is 0 Å². The van der Waals surface area contributed by atoms with Gasteiger partial charge in [0, 0.05) is 20.3 Å². The van der Waals surface area contributed by atoms with Crippen molar-refractivity contribution in [2.75, 3.05) is 14.1 Å². The SMILES string of the molecule is C=CC=C=CN(C)C. The molecule has 0 amide bonds. The molecule has 0 spiro atoms. The van der Waals surface area contributed by atoms with Crippen molar-refractivity contribution in [1.29, 1.82) is 0 Å². The van der Waals surface area contributed by atoms with E-state index >= 15 is 0 Å². The molecule has 0 rings (SSSR count). The summed E-state index contributed by atoms with van der Waals surface area (Å²) in [5, 5.41) is 0. The number of allylic oxidation sites excluding steroid dienone is 2. The second-order valence-electron chi connectivity index (χ2n) is 1.66. The van der Waals surface area contributed by atoms with Crippen molar-refractivity contribution in [2.45, 2.75) is 0 Å². The van der Waals surface area contributed by atoms with E-state index < -0.39 is 0 Å². The largest absolute Gasteiger partial charge is 0.377 e. The maximum Gasteiger partial charge on any atom is 0.0418 e. The number of hydrogen-bond acceptors (Lipinski definition) is 1. The van der Waals surface area contributed by atoms with Gasteiger partial charge in [-0.15, -0.1) is 5.73 Å². The van der Waals surface area contributed by atoms with Crippen LogP contribution in [0.5, 0.6) is 0 Å². The minimum atomic E-state index is 1.69.